The minimum absolute atomic E-state index is 0.924. The largest absolute Gasteiger partial charge is 0.257 e. The van der Waals surface area contributed by atoms with Gasteiger partial charge in [-0.1, -0.05) is 37.5 Å². The lowest BCUT2D eigenvalue weighted by Crippen LogP contribution is -1.82. The summed E-state index contributed by atoms with van der Waals surface area (Å²) in [7, 11) is 0. The average Bonchev–Trinajstić information content (AvgIpc) is 2.12. The van der Waals surface area contributed by atoms with E-state index in [0.717, 1.165) is 11.3 Å². The van der Waals surface area contributed by atoms with Crippen molar-refractivity contribution in [1.29, 1.82) is 0 Å². The molecule has 0 saturated heterocycles. The summed E-state index contributed by atoms with van der Waals surface area (Å²) in [5.41, 5.74) is 1.96. The Morgan fingerprint density at radius 3 is 2.17 bits per heavy atom. The fourth-order valence-corrected chi connectivity index (χ4v) is 0.819. The average molecular weight is 161 g/mol. The van der Waals surface area contributed by atoms with Crippen molar-refractivity contribution in [3.05, 3.63) is 48.7 Å². The normalized spacial score (nSPS) is 13.5. The van der Waals surface area contributed by atoms with Gasteiger partial charge in [-0.05, 0) is 19.4 Å². The van der Waals surface area contributed by atoms with Gasteiger partial charge in [-0.3, -0.25) is 4.99 Å². The van der Waals surface area contributed by atoms with E-state index in [1.54, 1.807) is 18.4 Å². The standard InChI is InChI=1S/C11H15N/c1-5-9-12-11(8-4)10(6-2)7-3/h5-9H,1-2H2,3-4H3/b10-7-,11-8+,12-9?. The molecule has 0 rings (SSSR count). The van der Waals surface area contributed by atoms with Crippen LogP contribution in [-0.2, 0) is 0 Å². The quantitative estimate of drug-likeness (QED) is 0.443. The summed E-state index contributed by atoms with van der Waals surface area (Å²) < 4.78 is 0. The Kier molecular flexibility index (Phi) is 5.62. The lowest BCUT2D eigenvalue weighted by Gasteiger charge is -1.99. The van der Waals surface area contributed by atoms with E-state index in [9.17, 15) is 0 Å². The van der Waals surface area contributed by atoms with E-state index in [0.29, 0.717) is 0 Å². The Balaban J connectivity index is 4.68. The maximum Gasteiger partial charge on any atom is 0.0655 e. The van der Waals surface area contributed by atoms with E-state index in [1.165, 1.54) is 0 Å². The van der Waals surface area contributed by atoms with Crippen LogP contribution >= 0.6 is 0 Å². The van der Waals surface area contributed by atoms with Crippen LogP contribution in [0.25, 0.3) is 0 Å². The van der Waals surface area contributed by atoms with E-state index in [4.69, 9.17) is 0 Å². The van der Waals surface area contributed by atoms with Crippen LogP contribution in [0.3, 0.4) is 0 Å². The first-order valence-electron chi connectivity index (χ1n) is 3.90. The van der Waals surface area contributed by atoms with E-state index in [2.05, 4.69) is 18.2 Å². The molecule has 12 heavy (non-hydrogen) atoms. The van der Waals surface area contributed by atoms with Crippen LogP contribution in [0.1, 0.15) is 13.8 Å². The molecule has 0 aromatic heterocycles. The maximum atomic E-state index is 4.18. The van der Waals surface area contributed by atoms with Gasteiger partial charge >= 0.3 is 0 Å². The highest BCUT2D eigenvalue weighted by Gasteiger charge is 1.93. The van der Waals surface area contributed by atoms with Gasteiger partial charge in [0.25, 0.3) is 0 Å². The molecule has 0 spiro atoms. The second kappa shape index (κ2) is 6.35. The lowest BCUT2D eigenvalue weighted by atomic mass is 10.2. The summed E-state index contributed by atoms with van der Waals surface area (Å²) >= 11 is 0. The van der Waals surface area contributed by atoms with Gasteiger partial charge in [-0.2, -0.15) is 0 Å². The minimum Gasteiger partial charge on any atom is -0.257 e. The van der Waals surface area contributed by atoms with Crippen LogP contribution in [0.2, 0.25) is 0 Å². The minimum atomic E-state index is 0.924. The lowest BCUT2D eigenvalue weighted by molar-refractivity contribution is 1.32. The van der Waals surface area contributed by atoms with Crippen LogP contribution < -0.4 is 0 Å². The number of aliphatic imine (C=N–C) groups is 1. The van der Waals surface area contributed by atoms with Gasteiger partial charge in [0, 0.05) is 6.21 Å². The molecule has 0 unspecified atom stereocenters. The molecule has 0 radical (unpaired) electrons. The van der Waals surface area contributed by atoms with Gasteiger partial charge in [0.1, 0.15) is 0 Å². The van der Waals surface area contributed by atoms with Crippen molar-refractivity contribution in [1.82, 2.24) is 0 Å². The first-order valence-corrected chi connectivity index (χ1v) is 3.90. The summed E-state index contributed by atoms with van der Waals surface area (Å²) in [6, 6.07) is 0. The van der Waals surface area contributed by atoms with Gasteiger partial charge in [0.15, 0.2) is 0 Å². The molecule has 0 aliphatic heterocycles. The van der Waals surface area contributed by atoms with Crippen molar-refractivity contribution in [3.63, 3.8) is 0 Å². The van der Waals surface area contributed by atoms with Crippen molar-refractivity contribution in [3.8, 4) is 0 Å². The Bertz CT molecular complexity index is 242. The van der Waals surface area contributed by atoms with E-state index >= 15 is 0 Å². The molecule has 0 aromatic rings. The SMILES string of the molecule is C=CC=NC(=C/C)/C(C=C)=C\C. The third kappa shape index (κ3) is 3.15. The zero-order valence-corrected chi connectivity index (χ0v) is 7.75. The number of allylic oxidation sites excluding steroid dienone is 4. The molecular weight excluding hydrogens is 146 g/mol. The molecule has 1 heteroatoms. The molecular formula is C11H15N. The Morgan fingerprint density at radius 2 is 1.83 bits per heavy atom. The van der Waals surface area contributed by atoms with Crippen molar-refractivity contribution >= 4 is 6.21 Å². The van der Waals surface area contributed by atoms with E-state index in [-0.39, 0.29) is 0 Å². The number of nitrogens with zero attached hydrogens (tertiary/aromatic N) is 1. The van der Waals surface area contributed by atoms with E-state index in [1.807, 2.05) is 26.0 Å². The fraction of sp³-hybridized carbons (Fsp3) is 0.182. The van der Waals surface area contributed by atoms with Gasteiger partial charge in [0.2, 0.25) is 0 Å². The summed E-state index contributed by atoms with van der Waals surface area (Å²) in [4.78, 5) is 4.18. The molecule has 0 aliphatic rings. The summed E-state index contributed by atoms with van der Waals surface area (Å²) in [6.45, 7) is 11.2. The number of hydrogen-bond acceptors (Lipinski definition) is 1. The third-order valence-corrected chi connectivity index (χ3v) is 1.42. The molecule has 0 saturated carbocycles. The molecule has 0 fully saturated rings. The van der Waals surface area contributed by atoms with Crippen LogP contribution in [0, 0.1) is 0 Å². The Labute approximate surface area is 74.5 Å². The number of hydrogen-bond donors (Lipinski definition) is 0. The molecule has 0 aliphatic carbocycles. The molecule has 0 heterocycles. The van der Waals surface area contributed by atoms with Crippen LogP contribution in [-0.4, -0.2) is 6.21 Å². The molecule has 0 bridgehead atoms. The van der Waals surface area contributed by atoms with Crippen LogP contribution in [0.15, 0.2) is 53.7 Å². The van der Waals surface area contributed by atoms with Gasteiger partial charge < -0.3 is 0 Å². The van der Waals surface area contributed by atoms with Crippen LogP contribution in [0.5, 0.6) is 0 Å². The predicted molar refractivity (Wildman–Crippen MR) is 56.4 cm³/mol. The van der Waals surface area contributed by atoms with Gasteiger partial charge in [0.05, 0.1) is 5.70 Å². The van der Waals surface area contributed by atoms with Gasteiger partial charge in [-0.15, -0.1) is 0 Å². The smallest absolute Gasteiger partial charge is 0.0655 e. The highest BCUT2D eigenvalue weighted by Crippen LogP contribution is 2.11. The number of rotatable bonds is 4. The molecule has 1 nitrogen and oxygen atoms in total. The highest BCUT2D eigenvalue weighted by molar-refractivity contribution is 5.72. The monoisotopic (exact) mass is 161 g/mol. The van der Waals surface area contributed by atoms with Crippen molar-refractivity contribution in [2.24, 2.45) is 4.99 Å². The summed E-state index contributed by atoms with van der Waals surface area (Å²) in [5, 5.41) is 0. The van der Waals surface area contributed by atoms with Crippen molar-refractivity contribution in [2.75, 3.05) is 0 Å². The molecule has 0 aromatic carbocycles. The highest BCUT2D eigenvalue weighted by atomic mass is 14.7. The maximum absolute atomic E-state index is 4.18. The van der Waals surface area contributed by atoms with Crippen molar-refractivity contribution in [2.45, 2.75) is 13.8 Å². The first kappa shape index (κ1) is 10.6. The Hall–Kier alpha value is -1.37. The molecule has 0 atom stereocenters. The Morgan fingerprint density at radius 1 is 1.17 bits per heavy atom. The van der Waals surface area contributed by atoms with Crippen LogP contribution in [0.4, 0.5) is 0 Å². The summed E-state index contributed by atoms with van der Waals surface area (Å²) in [5.74, 6) is 0. The summed E-state index contributed by atoms with van der Waals surface area (Å²) in [6.07, 6.45) is 9.03. The molecule has 0 N–H and O–H groups in total. The predicted octanol–water partition coefficient (Wildman–Crippen LogP) is 3.28. The fourth-order valence-electron chi connectivity index (χ4n) is 0.819. The second-order valence-electron chi connectivity index (χ2n) is 2.14. The first-order chi connectivity index (χ1) is 5.79. The van der Waals surface area contributed by atoms with Gasteiger partial charge in [-0.25, -0.2) is 0 Å². The zero-order valence-electron chi connectivity index (χ0n) is 7.75. The zero-order chi connectivity index (χ0) is 9.40. The van der Waals surface area contributed by atoms with E-state index < -0.39 is 0 Å². The third-order valence-electron chi connectivity index (χ3n) is 1.42. The topological polar surface area (TPSA) is 12.4 Å². The van der Waals surface area contributed by atoms with Crippen molar-refractivity contribution < 1.29 is 0 Å². The second-order valence-corrected chi connectivity index (χ2v) is 2.14. The molecule has 64 valence electrons. The molecule has 0 amide bonds.